The SMILES string of the molecule is O=C(NCCc1csc(-c2ccccc2)n1)c1ccnn1-c1ccccc1. The Labute approximate surface area is 161 Å². The molecule has 0 radical (unpaired) electrons. The Morgan fingerprint density at radius 1 is 1.00 bits per heavy atom. The quantitative estimate of drug-likeness (QED) is 0.556. The number of carbonyl (C=O) groups excluding carboxylic acids is 1. The molecule has 134 valence electrons. The number of nitrogens with one attached hydrogen (secondary N) is 1. The van der Waals surface area contributed by atoms with E-state index in [2.05, 4.69) is 27.5 Å². The number of carbonyl (C=O) groups is 1. The van der Waals surface area contributed by atoms with Gasteiger partial charge in [-0.05, 0) is 18.2 Å². The summed E-state index contributed by atoms with van der Waals surface area (Å²) < 4.78 is 1.64. The number of hydrogen-bond acceptors (Lipinski definition) is 4. The highest BCUT2D eigenvalue weighted by Crippen LogP contribution is 2.23. The molecule has 0 saturated carbocycles. The second-order valence-electron chi connectivity index (χ2n) is 5.98. The Bertz CT molecular complexity index is 1020. The number of rotatable bonds is 6. The van der Waals surface area contributed by atoms with Gasteiger partial charge in [-0.3, -0.25) is 4.79 Å². The second kappa shape index (κ2) is 7.97. The molecule has 2 aromatic heterocycles. The average molecular weight is 374 g/mol. The zero-order valence-electron chi connectivity index (χ0n) is 14.6. The van der Waals surface area contributed by atoms with Gasteiger partial charge in [0.1, 0.15) is 10.7 Å². The minimum absolute atomic E-state index is 0.144. The monoisotopic (exact) mass is 374 g/mol. The molecule has 6 heteroatoms. The largest absolute Gasteiger partial charge is 0.350 e. The van der Waals surface area contributed by atoms with Crippen LogP contribution in [0.1, 0.15) is 16.2 Å². The Balaban J connectivity index is 1.37. The zero-order valence-corrected chi connectivity index (χ0v) is 15.4. The van der Waals surface area contributed by atoms with E-state index >= 15 is 0 Å². The van der Waals surface area contributed by atoms with E-state index in [9.17, 15) is 4.79 Å². The lowest BCUT2D eigenvalue weighted by molar-refractivity contribution is 0.0946. The van der Waals surface area contributed by atoms with Gasteiger partial charge in [-0.15, -0.1) is 11.3 Å². The number of nitrogens with zero attached hydrogens (tertiary/aromatic N) is 3. The van der Waals surface area contributed by atoms with Crippen molar-refractivity contribution in [3.05, 3.63) is 89.7 Å². The van der Waals surface area contributed by atoms with Crippen molar-refractivity contribution in [3.8, 4) is 16.3 Å². The van der Waals surface area contributed by atoms with E-state index in [0.717, 1.165) is 22.0 Å². The third kappa shape index (κ3) is 3.96. The molecule has 0 aliphatic rings. The molecular formula is C21H18N4OS. The van der Waals surface area contributed by atoms with Crippen LogP contribution in [0.5, 0.6) is 0 Å². The van der Waals surface area contributed by atoms with Crippen LogP contribution in [0.2, 0.25) is 0 Å². The van der Waals surface area contributed by atoms with Crippen molar-refractivity contribution in [3.63, 3.8) is 0 Å². The Morgan fingerprint density at radius 3 is 2.52 bits per heavy atom. The first kappa shape index (κ1) is 17.2. The molecule has 0 bridgehead atoms. The van der Waals surface area contributed by atoms with Crippen LogP contribution in [0.25, 0.3) is 16.3 Å². The number of para-hydroxylation sites is 1. The van der Waals surface area contributed by atoms with Gasteiger partial charge in [0.25, 0.3) is 5.91 Å². The summed E-state index contributed by atoms with van der Waals surface area (Å²) in [5.41, 5.74) is 3.48. The van der Waals surface area contributed by atoms with Crippen LogP contribution >= 0.6 is 11.3 Å². The molecular weight excluding hydrogens is 356 g/mol. The Kier molecular flexibility index (Phi) is 5.07. The van der Waals surface area contributed by atoms with Gasteiger partial charge in [0, 0.05) is 23.9 Å². The lowest BCUT2D eigenvalue weighted by Gasteiger charge is -2.08. The highest BCUT2D eigenvalue weighted by atomic mass is 32.1. The average Bonchev–Trinajstić information content (AvgIpc) is 3.39. The van der Waals surface area contributed by atoms with Crippen molar-refractivity contribution in [1.82, 2.24) is 20.1 Å². The Hall–Kier alpha value is -3.25. The zero-order chi connectivity index (χ0) is 18.5. The molecule has 0 saturated heterocycles. The highest BCUT2D eigenvalue weighted by Gasteiger charge is 2.13. The molecule has 4 aromatic rings. The van der Waals surface area contributed by atoms with E-state index in [1.54, 1.807) is 28.3 Å². The standard InChI is InChI=1S/C21H18N4OS/c26-20(19-12-14-23-25(19)18-9-5-2-6-10-18)22-13-11-17-15-27-21(24-17)16-7-3-1-4-8-16/h1-10,12,14-15H,11,13H2,(H,22,26). The minimum atomic E-state index is -0.144. The number of benzene rings is 2. The summed E-state index contributed by atoms with van der Waals surface area (Å²) in [6, 6.07) is 21.4. The molecule has 2 aromatic carbocycles. The van der Waals surface area contributed by atoms with Crippen molar-refractivity contribution in [2.45, 2.75) is 6.42 Å². The van der Waals surface area contributed by atoms with Crippen molar-refractivity contribution < 1.29 is 4.79 Å². The van der Waals surface area contributed by atoms with Crippen LogP contribution in [-0.2, 0) is 6.42 Å². The van der Waals surface area contributed by atoms with Gasteiger partial charge in [-0.25, -0.2) is 9.67 Å². The van der Waals surface area contributed by atoms with Crippen molar-refractivity contribution in [1.29, 1.82) is 0 Å². The topological polar surface area (TPSA) is 59.8 Å². The molecule has 1 N–H and O–H groups in total. The molecule has 2 heterocycles. The minimum Gasteiger partial charge on any atom is -0.350 e. The molecule has 27 heavy (non-hydrogen) atoms. The predicted molar refractivity (Wildman–Crippen MR) is 107 cm³/mol. The first-order valence-corrected chi connectivity index (χ1v) is 9.57. The summed E-state index contributed by atoms with van der Waals surface area (Å²) >= 11 is 1.62. The summed E-state index contributed by atoms with van der Waals surface area (Å²) in [5, 5.41) is 10.3. The third-order valence-electron chi connectivity index (χ3n) is 4.12. The van der Waals surface area contributed by atoms with E-state index in [-0.39, 0.29) is 5.91 Å². The van der Waals surface area contributed by atoms with Gasteiger partial charge < -0.3 is 5.32 Å². The number of aromatic nitrogens is 3. The predicted octanol–water partition coefficient (Wildman–Crippen LogP) is 3.97. The maximum atomic E-state index is 12.5. The number of thiazole rings is 1. The fourth-order valence-electron chi connectivity index (χ4n) is 2.78. The van der Waals surface area contributed by atoms with Gasteiger partial charge in [-0.1, -0.05) is 48.5 Å². The molecule has 0 unspecified atom stereocenters. The van der Waals surface area contributed by atoms with Gasteiger partial charge in [-0.2, -0.15) is 5.10 Å². The van der Waals surface area contributed by atoms with E-state index in [0.29, 0.717) is 18.7 Å². The Morgan fingerprint density at radius 2 is 1.74 bits per heavy atom. The molecule has 0 spiro atoms. The van der Waals surface area contributed by atoms with Crippen LogP contribution in [0.3, 0.4) is 0 Å². The van der Waals surface area contributed by atoms with Crippen LogP contribution in [-0.4, -0.2) is 27.2 Å². The summed E-state index contributed by atoms with van der Waals surface area (Å²) in [7, 11) is 0. The third-order valence-corrected chi connectivity index (χ3v) is 5.06. The van der Waals surface area contributed by atoms with Crippen molar-refractivity contribution in [2.24, 2.45) is 0 Å². The van der Waals surface area contributed by atoms with E-state index in [1.165, 1.54) is 0 Å². The molecule has 4 rings (SSSR count). The van der Waals surface area contributed by atoms with E-state index in [1.807, 2.05) is 53.9 Å². The normalized spacial score (nSPS) is 10.7. The molecule has 0 atom stereocenters. The molecule has 5 nitrogen and oxygen atoms in total. The molecule has 0 fully saturated rings. The van der Waals surface area contributed by atoms with Gasteiger partial charge in [0.2, 0.25) is 0 Å². The summed E-state index contributed by atoms with van der Waals surface area (Å²) in [5.74, 6) is -0.144. The van der Waals surface area contributed by atoms with Gasteiger partial charge in [0.15, 0.2) is 0 Å². The van der Waals surface area contributed by atoms with Crippen LogP contribution in [0, 0.1) is 0 Å². The smallest absolute Gasteiger partial charge is 0.270 e. The lowest BCUT2D eigenvalue weighted by atomic mass is 10.2. The van der Waals surface area contributed by atoms with E-state index < -0.39 is 0 Å². The molecule has 0 aliphatic heterocycles. The second-order valence-corrected chi connectivity index (χ2v) is 6.84. The maximum Gasteiger partial charge on any atom is 0.270 e. The number of amides is 1. The molecule has 0 aliphatic carbocycles. The fraction of sp³-hybridized carbons (Fsp3) is 0.0952. The fourth-order valence-corrected chi connectivity index (χ4v) is 3.64. The maximum absolute atomic E-state index is 12.5. The first-order valence-electron chi connectivity index (χ1n) is 8.69. The summed E-state index contributed by atoms with van der Waals surface area (Å²) in [6.07, 6.45) is 2.32. The van der Waals surface area contributed by atoms with Crippen molar-refractivity contribution >= 4 is 17.2 Å². The highest BCUT2D eigenvalue weighted by molar-refractivity contribution is 7.13. The van der Waals surface area contributed by atoms with Crippen LogP contribution in [0.4, 0.5) is 0 Å². The van der Waals surface area contributed by atoms with Crippen LogP contribution < -0.4 is 5.32 Å². The lowest BCUT2D eigenvalue weighted by Crippen LogP contribution is -2.27. The van der Waals surface area contributed by atoms with Gasteiger partial charge >= 0.3 is 0 Å². The van der Waals surface area contributed by atoms with Crippen molar-refractivity contribution in [2.75, 3.05) is 6.54 Å². The summed E-state index contributed by atoms with van der Waals surface area (Å²) in [6.45, 7) is 0.525. The first-order chi connectivity index (χ1) is 13.3. The summed E-state index contributed by atoms with van der Waals surface area (Å²) in [4.78, 5) is 17.2. The molecule has 1 amide bonds. The van der Waals surface area contributed by atoms with Crippen LogP contribution in [0.15, 0.2) is 78.3 Å². The number of hydrogen-bond donors (Lipinski definition) is 1. The van der Waals surface area contributed by atoms with E-state index in [4.69, 9.17) is 0 Å². The van der Waals surface area contributed by atoms with Gasteiger partial charge in [0.05, 0.1) is 17.6 Å².